The molecule has 178 valence electrons. The van der Waals surface area contributed by atoms with Gasteiger partial charge >= 0.3 is 0 Å². The van der Waals surface area contributed by atoms with Gasteiger partial charge in [-0.3, -0.25) is 19.7 Å². The van der Waals surface area contributed by atoms with Gasteiger partial charge in [-0.05, 0) is 54.9 Å². The van der Waals surface area contributed by atoms with Crippen LogP contribution in [0.3, 0.4) is 0 Å². The van der Waals surface area contributed by atoms with Crippen LogP contribution in [0.4, 0.5) is 0 Å². The van der Waals surface area contributed by atoms with Crippen LogP contribution in [0.2, 0.25) is 0 Å². The fourth-order valence-electron chi connectivity index (χ4n) is 5.27. The Labute approximate surface area is 199 Å². The Morgan fingerprint density at radius 1 is 1.00 bits per heavy atom. The van der Waals surface area contributed by atoms with Gasteiger partial charge in [-0.1, -0.05) is 42.5 Å². The lowest BCUT2D eigenvalue weighted by atomic mass is 9.92. The fraction of sp³-hybridized carbons (Fsp3) is 0.444. The highest BCUT2D eigenvalue weighted by molar-refractivity contribution is 6.05. The summed E-state index contributed by atoms with van der Waals surface area (Å²) >= 11 is 0. The van der Waals surface area contributed by atoms with Crippen LogP contribution in [0.1, 0.15) is 65.6 Å². The van der Waals surface area contributed by atoms with Crippen molar-refractivity contribution < 1.29 is 19.1 Å². The average Bonchev–Trinajstić information content (AvgIpc) is 3.18. The Kier molecular flexibility index (Phi) is 6.74. The molecule has 1 unspecified atom stereocenters. The zero-order valence-corrected chi connectivity index (χ0v) is 19.3. The highest BCUT2D eigenvalue weighted by Gasteiger charge is 2.39. The molecule has 1 saturated carbocycles. The smallest absolute Gasteiger partial charge is 0.255 e. The zero-order valence-electron chi connectivity index (χ0n) is 19.3. The van der Waals surface area contributed by atoms with Crippen molar-refractivity contribution in [2.75, 3.05) is 0 Å². The lowest BCUT2D eigenvalue weighted by molar-refractivity contribution is -0.136. The van der Waals surface area contributed by atoms with Crippen molar-refractivity contribution >= 4 is 17.7 Å². The molecule has 0 spiro atoms. The summed E-state index contributed by atoms with van der Waals surface area (Å²) in [6, 6.07) is 16.0. The van der Waals surface area contributed by atoms with Crippen molar-refractivity contribution in [2.45, 2.75) is 76.4 Å². The topological polar surface area (TPSA) is 87.7 Å². The Balaban J connectivity index is 1.14. The SMILES string of the molecule is O=C1CCC(N2Cc3cc(CN[C@@H]4CCC[C@H](OCc5ccccc5)C4)ccc3C2=O)C(=O)N1. The number of nitrogens with zero attached hydrogens (tertiary/aromatic N) is 1. The second kappa shape index (κ2) is 10.1. The van der Waals surface area contributed by atoms with Gasteiger partial charge in [0.25, 0.3) is 5.91 Å². The lowest BCUT2D eigenvalue weighted by Gasteiger charge is -2.30. The summed E-state index contributed by atoms with van der Waals surface area (Å²) in [7, 11) is 0. The van der Waals surface area contributed by atoms with E-state index >= 15 is 0 Å². The van der Waals surface area contributed by atoms with Crippen molar-refractivity contribution in [1.29, 1.82) is 0 Å². The summed E-state index contributed by atoms with van der Waals surface area (Å²) < 4.78 is 6.17. The third-order valence-electron chi connectivity index (χ3n) is 7.14. The second-order valence-electron chi connectivity index (χ2n) is 9.55. The largest absolute Gasteiger partial charge is 0.373 e. The molecule has 0 aromatic heterocycles. The molecule has 34 heavy (non-hydrogen) atoms. The number of nitrogens with one attached hydrogen (secondary N) is 2. The van der Waals surface area contributed by atoms with E-state index in [0.717, 1.165) is 43.4 Å². The van der Waals surface area contributed by atoms with E-state index in [1.165, 1.54) is 5.56 Å². The molecule has 3 atom stereocenters. The average molecular weight is 462 g/mol. The maximum absolute atomic E-state index is 12.9. The fourth-order valence-corrected chi connectivity index (χ4v) is 5.27. The molecule has 7 heteroatoms. The minimum atomic E-state index is -0.575. The normalized spacial score (nSPS) is 24.8. The number of ether oxygens (including phenoxy) is 1. The Morgan fingerprint density at radius 2 is 1.85 bits per heavy atom. The molecule has 2 heterocycles. The van der Waals surface area contributed by atoms with Crippen LogP contribution in [0.15, 0.2) is 48.5 Å². The Hall–Kier alpha value is -3.03. The molecular weight excluding hydrogens is 430 g/mol. The molecule has 2 N–H and O–H groups in total. The van der Waals surface area contributed by atoms with Gasteiger partial charge in [-0.25, -0.2) is 0 Å². The monoisotopic (exact) mass is 461 g/mol. The van der Waals surface area contributed by atoms with Gasteiger partial charge < -0.3 is 15.0 Å². The number of carbonyl (C=O) groups is 3. The third-order valence-corrected chi connectivity index (χ3v) is 7.14. The summed E-state index contributed by atoms with van der Waals surface area (Å²) in [4.78, 5) is 38.2. The summed E-state index contributed by atoms with van der Waals surface area (Å²) in [6.07, 6.45) is 5.30. The predicted molar refractivity (Wildman–Crippen MR) is 127 cm³/mol. The number of hydrogen-bond acceptors (Lipinski definition) is 5. The number of carbonyl (C=O) groups excluding carboxylic acids is 3. The van der Waals surface area contributed by atoms with Gasteiger partial charge in [-0.2, -0.15) is 0 Å². The number of fused-ring (bicyclic) bond motifs is 1. The first kappa shape index (κ1) is 22.7. The Bertz CT molecular complexity index is 1070. The van der Waals surface area contributed by atoms with Gasteiger partial charge in [0.05, 0.1) is 12.7 Å². The third kappa shape index (κ3) is 5.05. The quantitative estimate of drug-likeness (QED) is 0.619. The van der Waals surface area contributed by atoms with Crippen molar-refractivity contribution in [3.8, 4) is 0 Å². The Morgan fingerprint density at radius 3 is 2.68 bits per heavy atom. The summed E-state index contributed by atoms with van der Waals surface area (Å²) in [5, 5.41) is 6.03. The molecule has 3 amide bonds. The van der Waals surface area contributed by atoms with E-state index in [-0.39, 0.29) is 30.2 Å². The standard InChI is InChI=1S/C27H31N3O4/c31-25-12-11-24(26(32)29-25)30-16-20-13-19(9-10-23(20)27(30)33)15-28-21-7-4-8-22(14-21)34-17-18-5-2-1-3-6-18/h1-3,5-6,9-10,13,21-22,24,28H,4,7-8,11-12,14-17H2,(H,29,31,32)/t21-,22+,24?/m1/s1. The molecule has 1 aliphatic carbocycles. The van der Waals surface area contributed by atoms with Crippen LogP contribution in [0.25, 0.3) is 0 Å². The lowest BCUT2D eigenvalue weighted by Crippen LogP contribution is -2.52. The van der Waals surface area contributed by atoms with Crippen molar-refractivity contribution in [2.24, 2.45) is 0 Å². The number of amides is 3. The summed E-state index contributed by atoms with van der Waals surface area (Å²) in [6.45, 7) is 1.80. The molecule has 0 bridgehead atoms. The van der Waals surface area contributed by atoms with Crippen LogP contribution in [0, 0.1) is 0 Å². The van der Waals surface area contributed by atoms with Crippen LogP contribution >= 0.6 is 0 Å². The summed E-state index contributed by atoms with van der Waals surface area (Å²) in [5.74, 6) is -0.774. The highest BCUT2D eigenvalue weighted by atomic mass is 16.5. The molecule has 0 radical (unpaired) electrons. The van der Waals surface area contributed by atoms with E-state index in [1.54, 1.807) is 4.90 Å². The number of rotatable bonds is 7. The number of piperidine rings is 1. The number of imide groups is 1. The van der Waals surface area contributed by atoms with E-state index in [4.69, 9.17) is 4.74 Å². The molecular formula is C27H31N3O4. The van der Waals surface area contributed by atoms with Crippen LogP contribution in [-0.4, -0.2) is 40.8 Å². The first-order valence-corrected chi connectivity index (χ1v) is 12.2. The second-order valence-corrected chi connectivity index (χ2v) is 9.55. The number of benzene rings is 2. The van der Waals surface area contributed by atoms with Gasteiger partial charge in [0, 0.05) is 31.1 Å². The summed E-state index contributed by atoms with van der Waals surface area (Å²) in [5.41, 5.74) is 3.93. The van der Waals surface area contributed by atoms with Crippen LogP contribution in [0.5, 0.6) is 0 Å². The maximum atomic E-state index is 12.9. The van der Waals surface area contributed by atoms with Gasteiger partial charge in [0.15, 0.2) is 0 Å². The minimum absolute atomic E-state index is 0.130. The molecule has 2 fully saturated rings. The van der Waals surface area contributed by atoms with Gasteiger partial charge in [0.2, 0.25) is 11.8 Å². The molecule has 2 aromatic rings. The van der Waals surface area contributed by atoms with Crippen LogP contribution < -0.4 is 10.6 Å². The first-order valence-electron chi connectivity index (χ1n) is 12.2. The van der Waals surface area contributed by atoms with Crippen molar-refractivity contribution in [3.05, 3.63) is 70.8 Å². The van der Waals surface area contributed by atoms with Gasteiger partial charge in [-0.15, -0.1) is 0 Å². The molecule has 5 rings (SSSR count). The molecule has 2 aromatic carbocycles. The van der Waals surface area contributed by atoms with Crippen molar-refractivity contribution in [1.82, 2.24) is 15.5 Å². The molecule has 1 saturated heterocycles. The first-order chi connectivity index (χ1) is 16.6. The molecule has 7 nitrogen and oxygen atoms in total. The zero-order chi connectivity index (χ0) is 23.5. The number of hydrogen-bond donors (Lipinski definition) is 2. The van der Waals surface area contributed by atoms with Crippen molar-refractivity contribution in [3.63, 3.8) is 0 Å². The van der Waals surface area contributed by atoms with E-state index in [1.807, 2.05) is 30.3 Å². The van der Waals surface area contributed by atoms with E-state index < -0.39 is 6.04 Å². The minimum Gasteiger partial charge on any atom is -0.373 e. The molecule has 2 aliphatic heterocycles. The predicted octanol–water partition coefficient (Wildman–Crippen LogP) is 3.07. The van der Waals surface area contributed by atoms with E-state index in [0.29, 0.717) is 31.2 Å². The van der Waals surface area contributed by atoms with E-state index in [9.17, 15) is 14.4 Å². The van der Waals surface area contributed by atoms with E-state index in [2.05, 4.69) is 28.8 Å². The maximum Gasteiger partial charge on any atom is 0.255 e. The van der Waals surface area contributed by atoms with Crippen LogP contribution in [-0.2, 0) is 34.0 Å². The molecule has 3 aliphatic rings. The van der Waals surface area contributed by atoms with Gasteiger partial charge in [0.1, 0.15) is 6.04 Å². The highest BCUT2D eigenvalue weighted by Crippen LogP contribution is 2.28.